The molecule has 0 heterocycles. The topological polar surface area (TPSA) is 46.5 Å². The van der Waals surface area contributed by atoms with Crippen LogP contribution in [0.4, 0.5) is 0 Å². The fourth-order valence-corrected chi connectivity index (χ4v) is 2.42. The zero-order chi connectivity index (χ0) is 11.8. The molecule has 1 aromatic carbocycles. The molecule has 0 aromatic heterocycles. The van der Waals surface area contributed by atoms with Gasteiger partial charge in [-0.25, -0.2) is 0 Å². The number of carbonyl (C=O) groups is 1. The Hall–Kier alpha value is -1.35. The molecule has 1 unspecified atom stereocenters. The molecular formula is C13H16O3. The highest BCUT2D eigenvalue weighted by molar-refractivity contribution is 5.87. The highest BCUT2D eigenvalue weighted by Crippen LogP contribution is 2.39. The van der Waals surface area contributed by atoms with Crippen molar-refractivity contribution in [1.29, 1.82) is 0 Å². The van der Waals surface area contributed by atoms with Crippen molar-refractivity contribution in [2.45, 2.75) is 31.8 Å². The number of hydrogen-bond acceptors (Lipinski definition) is 3. The average Bonchev–Trinajstić information content (AvgIpc) is 2.28. The van der Waals surface area contributed by atoms with Gasteiger partial charge in [-0.05, 0) is 37.8 Å². The van der Waals surface area contributed by atoms with Crippen molar-refractivity contribution < 1.29 is 14.6 Å². The summed E-state index contributed by atoms with van der Waals surface area (Å²) in [4.78, 5) is 11.6. The van der Waals surface area contributed by atoms with Crippen LogP contribution in [-0.2, 0) is 16.8 Å². The predicted molar refractivity (Wildman–Crippen MR) is 60.5 cm³/mol. The third-order valence-electron chi connectivity index (χ3n) is 3.35. The van der Waals surface area contributed by atoms with E-state index >= 15 is 0 Å². The molecule has 1 N–H and O–H groups in total. The average molecular weight is 220 g/mol. The summed E-state index contributed by atoms with van der Waals surface area (Å²) in [6.07, 6.45) is 2.17. The minimum atomic E-state index is -1.32. The van der Waals surface area contributed by atoms with Gasteiger partial charge in [0.1, 0.15) is 11.4 Å². The number of rotatable bonds is 2. The third kappa shape index (κ3) is 1.52. The lowest BCUT2D eigenvalue weighted by Crippen LogP contribution is -2.37. The fraction of sp³-hybridized carbons (Fsp3) is 0.462. The molecular weight excluding hydrogens is 204 g/mol. The first-order chi connectivity index (χ1) is 7.59. The number of hydrogen-bond donors (Lipinski definition) is 1. The van der Waals surface area contributed by atoms with E-state index in [1.165, 1.54) is 6.92 Å². The van der Waals surface area contributed by atoms with Gasteiger partial charge in [0.15, 0.2) is 5.78 Å². The van der Waals surface area contributed by atoms with E-state index in [4.69, 9.17) is 4.74 Å². The van der Waals surface area contributed by atoms with Crippen molar-refractivity contribution in [3.63, 3.8) is 0 Å². The molecule has 3 heteroatoms. The maximum absolute atomic E-state index is 11.6. The van der Waals surface area contributed by atoms with Gasteiger partial charge in [-0.1, -0.05) is 12.1 Å². The van der Waals surface area contributed by atoms with E-state index in [1.54, 1.807) is 7.11 Å². The Labute approximate surface area is 95.0 Å². The lowest BCUT2D eigenvalue weighted by Gasteiger charge is -2.32. The van der Waals surface area contributed by atoms with Crippen LogP contribution in [0.5, 0.6) is 5.75 Å². The minimum Gasteiger partial charge on any atom is -0.496 e. The Kier molecular flexibility index (Phi) is 2.72. The SMILES string of the molecule is COc1cccc2c1CCCC2(O)C(C)=O. The first-order valence-electron chi connectivity index (χ1n) is 5.49. The zero-order valence-corrected chi connectivity index (χ0v) is 9.62. The zero-order valence-electron chi connectivity index (χ0n) is 9.62. The molecule has 0 spiro atoms. The second-order valence-corrected chi connectivity index (χ2v) is 4.26. The van der Waals surface area contributed by atoms with Gasteiger partial charge in [-0.2, -0.15) is 0 Å². The van der Waals surface area contributed by atoms with Crippen molar-refractivity contribution in [3.05, 3.63) is 29.3 Å². The molecule has 16 heavy (non-hydrogen) atoms. The Morgan fingerprint density at radius 3 is 2.88 bits per heavy atom. The van der Waals surface area contributed by atoms with Crippen LogP contribution >= 0.6 is 0 Å². The smallest absolute Gasteiger partial charge is 0.165 e. The van der Waals surface area contributed by atoms with Crippen molar-refractivity contribution in [2.24, 2.45) is 0 Å². The number of ketones is 1. The Bertz CT molecular complexity index is 425. The van der Waals surface area contributed by atoms with Crippen LogP contribution in [0, 0.1) is 0 Å². The summed E-state index contributed by atoms with van der Waals surface area (Å²) in [5.74, 6) is 0.568. The van der Waals surface area contributed by atoms with Crippen molar-refractivity contribution >= 4 is 5.78 Å². The van der Waals surface area contributed by atoms with E-state index < -0.39 is 5.60 Å². The molecule has 0 radical (unpaired) electrons. The lowest BCUT2D eigenvalue weighted by atomic mass is 9.77. The number of benzene rings is 1. The van der Waals surface area contributed by atoms with Gasteiger partial charge < -0.3 is 9.84 Å². The van der Waals surface area contributed by atoms with Crippen LogP contribution in [0.2, 0.25) is 0 Å². The second-order valence-electron chi connectivity index (χ2n) is 4.26. The maximum Gasteiger partial charge on any atom is 0.165 e. The summed E-state index contributed by atoms with van der Waals surface area (Å²) < 4.78 is 5.26. The summed E-state index contributed by atoms with van der Waals surface area (Å²) in [6, 6.07) is 5.50. The highest BCUT2D eigenvalue weighted by atomic mass is 16.5. The monoisotopic (exact) mass is 220 g/mol. The Morgan fingerprint density at radius 1 is 1.50 bits per heavy atom. The summed E-state index contributed by atoms with van der Waals surface area (Å²) in [5.41, 5.74) is 0.363. The van der Waals surface area contributed by atoms with Crippen molar-refractivity contribution in [2.75, 3.05) is 7.11 Å². The summed E-state index contributed by atoms with van der Waals surface area (Å²) in [5, 5.41) is 10.4. The maximum atomic E-state index is 11.6. The number of aliphatic hydroxyl groups is 1. The van der Waals surface area contributed by atoms with Crippen LogP contribution in [0.25, 0.3) is 0 Å². The number of carbonyl (C=O) groups excluding carboxylic acids is 1. The molecule has 1 aliphatic carbocycles. The Balaban J connectivity index is 2.59. The largest absolute Gasteiger partial charge is 0.496 e. The molecule has 0 amide bonds. The van der Waals surface area contributed by atoms with Gasteiger partial charge in [-0.3, -0.25) is 4.79 Å². The van der Waals surface area contributed by atoms with E-state index in [9.17, 15) is 9.90 Å². The minimum absolute atomic E-state index is 0.193. The number of methoxy groups -OCH3 is 1. The summed E-state index contributed by atoms with van der Waals surface area (Å²) in [7, 11) is 1.61. The lowest BCUT2D eigenvalue weighted by molar-refractivity contribution is -0.137. The molecule has 0 aliphatic heterocycles. The van der Waals surface area contributed by atoms with Crippen LogP contribution in [0.15, 0.2) is 18.2 Å². The molecule has 1 atom stereocenters. The molecule has 0 bridgehead atoms. The molecule has 0 saturated carbocycles. The number of Topliss-reactive ketones (excluding diaryl/α,β-unsaturated/α-hetero) is 1. The number of ether oxygens (including phenoxy) is 1. The van der Waals surface area contributed by atoms with Gasteiger partial charge in [-0.15, -0.1) is 0 Å². The molecule has 0 fully saturated rings. The van der Waals surface area contributed by atoms with Crippen LogP contribution in [0.1, 0.15) is 30.9 Å². The summed E-state index contributed by atoms with van der Waals surface area (Å²) >= 11 is 0. The Morgan fingerprint density at radius 2 is 2.25 bits per heavy atom. The van der Waals surface area contributed by atoms with Gasteiger partial charge in [0.2, 0.25) is 0 Å². The molecule has 1 aliphatic rings. The van der Waals surface area contributed by atoms with Gasteiger partial charge in [0.25, 0.3) is 0 Å². The fourth-order valence-electron chi connectivity index (χ4n) is 2.42. The van der Waals surface area contributed by atoms with Crippen LogP contribution in [0.3, 0.4) is 0 Å². The molecule has 0 saturated heterocycles. The second kappa shape index (κ2) is 3.91. The first kappa shape index (κ1) is 11.1. The predicted octanol–water partition coefficient (Wildman–Crippen LogP) is 1.81. The van der Waals surface area contributed by atoms with E-state index in [0.29, 0.717) is 12.0 Å². The van der Waals surface area contributed by atoms with Crippen molar-refractivity contribution in [1.82, 2.24) is 0 Å². The van der Waals surface area contributed by atoms with Gasteiger partial charge in [0.05, 0.1) is 7.11 Å². The molecule has 1 aromatic rings. The molecule has 86 valence electrons. The van der Waals surface area contributed by atoms with Crippen molar-refractivity contribution in [3.8, 4) is 5.75 Å². The first-order valence-corrected chi connectivity index (χ1v) is 5.49. The van der Waals surface area contributed by atoms with E-state index in [1.807, 2.05) is 18.2 Å². The van der Waals surface area contributed by atoms with Gasteiger partial charge in [0, 0.05) is 5.56 Å². The quantitative estimate of drug-likeness (QED) is 0.826. The van der Waals surface area contributed by atoms with Gasteiger partial charge >= 0.3 is 0 Å². The third-order valence-corrected chi connectivity index (χ3v) is 3.35. The number of fused-ring (bicyclic) bond motifs is 1. The molecule has 2 rings (SSSR count). The molecule has 3 nitrogen and oxygen atoms in total. The van der Waals surface area contributed by atoms with E-state index in [2.05, 4.69) is 0 Å². The van der Waals surface area contributed by atoms with E-state index in [0.717, 1.165) is 24.2 Å². The standard InChI is InChI=1S/C13H16O3/c1-9(14)13(15)8-4-5-10-11(13)6-3-7-12(10)16-2/h3,6-7,15H,4-5,8H2,1-2H3. The normalized spacial score (nSPS) is 23.7. The highest BCUT2D eigenvalue weighted by Gasteiger charge is 2.39. The summed E-state index contributed by atoms with van der Waals surface area (Å²) in [6.45, 7) is 1.44. The van der Waals surface area contributed by atoms with E-state index in [-0.39, 0.29) is 5.78 Å². The van der Waals surface area contributed by atoms with Crippen LogP contribution < -0.4 is 4.74 Å². The van der Waals surface area contributed by atoms with Crippen LogP contribution in [-0.4, -0.2) is 18.0 Å².